The normalized spacial score (nSPS) is 13.1. The molecular formula is C28H35N5OSi. The molecule has 182 valence electrons. The van der Waals surface area contributed by atoms with Gasteiger partial charge in [-0.25, -0.2) is 9.97 Å². The van der Waals surface area contributed by atoms with E-state index in [-0.39, 0.29) is 11.0 Å². The molecule has 4 aromatic rings. The van der Waals surface area contributed by atoms with Gasteiger partial charge in [0, 0.05) is 49.0 Å². The maximum absolute atomic E-state index is 6.67. The third kappa shape index (κ3) is 6.29. The van der Waals surface area contributed by atoms with Crippen LogP contribution in [0.25, 0.3) is 22.6 Å². The zero-order valence-electron chi connectivity index (χ0n) is 21.3. The van der Waals surface area contributed by atoms with Gasteiger partial charge in [-0.2, -0.15) is 5.10 Å². The number of benzene rings is 2. The molecule has 0 amide bonds. The van der Waals surface area contributed by atoms with E-state index in [0.717, 1.165) is 35.0 Å². The van der Waals surface area contributed by atoms with Gasteiger partial charge in [0.15, 0.2) is 14.1 Å². The summed E-state index contributed by atoms with van der Waals surface area (Å²) in [7, 11) is -1.91. The van der Waals surface area contributed by atoms with Crippen molar-refractivity contribution in [3.8, 4) is 22.6 Å². The number of imidazole rings is 1. The van der Waals surface area contributed by atoms with Crippen molar-refractivity contribution in [2.45, 2.75) is 51.9 Å². The predicted molar refractivity (Wildman–Crippen MR) is 143 cm³/mol. The molecule has 2 aromatic carbocycles. The van der Waals surface area contributed by atoms with Crippen LogP contribution in [0.4, 0.5) is 0 Å². The van der Waals surface area contributed by atoms with Gasteiger partial charge in [-0.1, -0.05) is 81.4 Å². The second kappa shape index (κ2) is 10.6. The molecule has 0 saturated carbocycles. The summed E-state index contributed by atoms with van der Waals surface area (Å²) in [6.07, 6.45) is 6.31. The van der Waals surface area contributed by atoms with Gasteiger partial charge in [0.2, 0.25) is 0 Å². The number of nitrogens with zero attached hydrogens (tertiary/aromatic N) is 5. The lowest BCUT2D eigenvalue weighted by atomic mass is 10.1. The fourth-order valence-corrected chi connectivity index (χ4v) is 4.82. The van der Waals surface area contributed by atoms with Crippen LogP contribution in [-0.4, -0.2) is 39.7 Å². The molecule has 2 heterocycles. The molecule has 0 aliphatic rings. The Labute approximate surface area is 209 Å². The molecule has 4 rings (SSSR count). The average molecular weight is 486 g/mol. The molecule has 0 radical (unpaired) electrons. The quantitative estimate of drug-likeness (QED) is 0.261. The highest BCUT2D eigenvalue weighted by atomic mass is 28.4. The topological polar surface area (TPSA) is 65.7 Å². The van der Waals surface area contributed by atoms with Gasteiger partial charge in [0.1, 0.15) is 5.82 Å². The lowest BCUT2D eigenvalue weighted by molar-refractivity contribution is 0.210. The molecule has 0 spiro atoms. The molecule has 6 nitrogen and oxygen atoms in total. The van der Waals surface area contributed by atoms with Crippen molar-refractivity contribution in [2.75, 3.05) is 6.61 Å². The van der Waals surface area contributed by atoms with E-state index >= 15 is 0 Å². The second-order valence-corrected chi connectivity index (χ2v) is 15.3. The van der Waals surface area contributed by atoms with Crippen LogP contribution in [0.15, 0.2) is 79.3 Å². The summed E-state index contributed by atoms with van der Waals surface area (Å²) >= 11 is 0. The number of hydrogen-bond acceptors (Lipinski definition) is 5. The zero-order valence-corrected chi connectivity index (χ0v) is 22.3. The van der Waals surface area contributed by atoms with Crippen molar-refractivity contribution < 1.29 is 4.43 Å². The fourth-order valence-electron chi connectivity index (χ4n) is 3.73. The molecule has 0 saturated heterocycles. The van der Waals surface area contributed by atoms with Crippen molar-refractivity contribution in [3.63, 3.8) is 0 Å². The van der Waals surface area contributed by atoms with Crippen LogP contribution in [0, 0.1) is 5.92 Å². The van der Waals surface area contributed by atoms with Crippen molar-refractivity contribution in [1.82, 2.24) is 24.7 Å². The van der Waals surface area contributed by atoms with Gasteiger partial charge in [-0.05, 0) is 18.1 Å². The van der Waals surface area contributed by atoms with Crippen LogP contribution in [0.2, 0.25) is 18.1 Å². The largest absolute Gasteiger partial charge is 0.416 e. The number of aromatic nitrogens is 5. The summed E-state index contributed by atoms with van der Waals surface area (Å²) in [4.78, 5) is 9.48. The lowest BCUT2D eigenvalue weighted by Gasteiger charge is -2.37. The Balaban J connectivity index is 1.59. The van der Waals surface area contributed by atoms with Crippen molar-refractivity contribution >= 4 is 8.32 Å². The summed E-state index contributed by atoms with van der Waals surface area (Å²) in [6.45, 7) is 12.8. The van der Waals surface area contributed by atoms with E-state index in [1.165, 1.54) is 0 Å². The van der Waals surface area contributed by atoms with Gasteiger partial charge < -0.3 is 8.99 Å². The molecular weight excluding hydrogens is 450 g/mol. The first-order valence-corrected chi connectivity index (χ1v) is 15.1. The van der Waals surface area contributed by atoms with Crippen LogP contribution in [0.3, 0.4) is 0 Å². The van der Waals surface area contributed by atoms with Crippen molar-refractivity contribution in [3.05, 3.63) is 85.1 Å². The summed E-state index contributed by atoms with van der Waals surface area (Å²) in [5, 5.41) is 8.78. The summed E-state index contributed by atoms with van der Waals surface area (Å²) in [5.74, 6) is 1.87. The monoisotopic (exact) mass is 485 g/mol. The minimum Gasteiger partial charge on any atom is -0.416 e. The van der Waals surface area contributed by atoms with Gasteiger partial charge >= 0.3 is 0 Å². The number of rotatable bonds is 9. The molecule has 2 aromatic heterocycles. The minimum absolute atomic E-state index is 0.146. The van der Waals surface area contributed by atoms with Crippen molar-refractivity contribution in [1.29, 1.82) is 0 Å². The molecule has 0 fully saturated rings. The Morgan fingerprint density at radius 3 is 2.26 bits per heavy atom. The van der Waals surface area contributed by atoms with Gasteiger partial charge in [0.05, 0.1) is 11.9 Å². The van der Waals surface area contributed by atoms with E-state index in [1.807, 2.05) is 60.9 Å². The highest BCUT2D eigenvalue weighted by Gasteiger charge is 2.37. The van der Waals surface area contributed by atoms with Crippen LogP contribution in [-0.2, 0) is 17.4 Å². The molecule has 7 heteroatoms. The SMILES string of the molecule is CC(C)(C)[Si](C)(C)OCC(Cc1nncc(-c2ccccc2)n1)Cn1ccnc1-c1ccccc1. The van der Waals surface area contributed by atoms with E-state index in [2.05, 4.69) is 65.7 Å². The molecule has 1 unspecified atom stereocenters. The summed E-state index contributed by atoms with van der Waals surface area (Å²) < 4.78 is 8.88. The molecule has 0 aliphatic heterocycles. The standard InChI is InChI=1S/C28H35N5OSi/c1-28(2,3)35(4,5)34-21-22(20-33-17-16-29-27(33)24-14-10-7-11-15-24)18-26-31-25(19-30-32-26)23-12-8-6-9-13-23/h6-17,19,22H,18,20-21H2,1-5H3. The van der Waals surface area contributed by atoms with Gasteiger partial charge in [-0.3, -0.25) is 0 Å². The Morgan fingerprint density at radius 2 is 1.60 bits per heavy atom. The Kier molecular flexibility index (Phi) is 7.57. The van der Waals surface area contributed by atoms with E-state index in [9.17, 15) is 0 Å². The minimum atomic E-state index is -1.91. The molecule has 1 atom stereocenters. The third-order valence-electron chi connectivity index (χ3n) is 6.83. The zero-order chi connectivity index (χ0) is 24.9. The van der Waals surface area contributed by atoms with E-state index in [0.29, 0.717) is 13.0 Å². The fraction of sp³-hybridized carbons (Fsp3) is 0.357. The average Bonchev–Trinajstić information content (AvgIpc) is 3.31. The molecule has 35 heavy (non-hydrogen) atoms. The molecule has 0 aliphatic carbocycles. The molecule has 0 N–H and O–H groups in total. The van der Waals surface area contributed by atoms with Crippen LogP contribution in [0.5, 0.6) is 0 Å². The van der Waals surface area contributed by atoms with Crippen LogP contribution < -0.4 is 0 Å². The first-order chi connectivity index (χ1) is 16.7. The number of hydrogen-bond donors (Lipinski definition) is 0. The Bertz CT molecular complexity index is 1220. The first kappa shape index (κ1) is 24.9. The highest BCUT2D eigenvalue weighted by molar-refractivity contribution is 6.74. The van der Waals surface area contributed by atoms with E-state index < -0.39 is 8.32 Å². The Hall–Kier alpha value is -3.16. The van der Waals surface area contributed by atoms with Crippen molar-refractivity contribution in [2.24, 2.45) is 5.92 Å². The summed E-state index contributed by atoms with van der Waals surface area (Å²) in [5.41, 5.74) is 2.98. The van der Waals surface area contributed by atoms with E-state index in [4.69, 9.17) is 9.41 Å². The third-order valence-corrected chi connectivity index (χ3v) is 11.3. The smallest absolute Gasteiger partial charge is 0.191 e. The maximum atomic E-state index is 6.67. The molecule has 0 bridgehead atoms. The maximum Gasteiger partial charge on any atom is 0.191 e. The van der Waals surface area contributed by atoms with Crippen LogP contribution >= 0.6 is 0 Å². The first-order valence-electron chi connectivity index (χ1n) is 12.2. The van der Waals surface area contributed by atoms with E-state index in [1.54, 1.807) is 6.20 Å². The van der Waals surface area contributed by atoms with Gasteiger partial charge in [0.25, 0.3) is 0 Å². The predicted octanol–water partition coefficient (Wildman–Crippen LogP) is 6.28. The summed E-state index contributed by atoms with van der Waals surface area (Å²) in [6, 6.07) is 20.4. The highest BCUT2D eigenvalue weighted by Crippen LogP contribution is 2.37. The van der Waals surface area contributed by atoms with Crippen LogP contribution in [0.1, 0.15) is 26.6 Å². The lowest BCUT2D eigenvalue weighted by Crippen LogP contribution is -2.42. The van der Waals surface area contributed by atoms with Gasteiger partial charge in [-0.15, -0.1) is 5.10 Å². The second-order valence-electron chi connectivity index (χ2n) is 10.5. The Morgan fingerprint density at radius 1 is 0.943 bits per heavy atom.